The van der Waals surface area contributed by atoms with Crippen LogP contribution < -0.4 is 11.5 Å². The third-order valence-corrected chi connectivity index (χ3v) is 5.59. The number of likely N-dealkylation sites (tertiary alicyclic amines) is 1. The van der Waals surface area contributed by atoms with E-state index in [1.807, 2.05) is 18.2 Å². The zero-order valence-electron chi connectivity index (χ0n) is 17.8. The maximum Gasteiger partial charge on any atom is 0.186 e. The van der Waals surface area contributed by atoms with Crippen LogP contribution in [-0.4, -0.2) is 48.6 Å². The van der Waals surface area contributed by atoms with Crippen molar-refractivity contribution in [2.45, 2.75) is 25.0 Å². The second kappa shape index (κ2) is 9.69. The molecule has 160 valence electrons. The summed E-state index contributed by atoms with van der Waals surface area (Å²) in [6.45, 7) is 2.39. The van der Waals surface area contributed by atoms with Gasteiger partial charge >= 0.3 is 0 Å². The molecule has 1 saturated heterocycles. The van der Waals surface area contributed by atoms with Crippen LogP contribution in [0.25, 0.3) is 10.9 Å². The Labute approximate surface area is 183 Å². The minimum Gasteiger partial charge on any atom is -0.370 e. The molecule has 0 saturated carbocycles. The summed E-state index contributed by atoms with van der Waals surface area (Å²) in [7, 11) is 2.16. The number of rotatable bonds is 5. The van der Waals surface area contributed by atoms with Gasteiger partial charge < -0.3 is 26.1 Å². The van der Waals surface area contributed by atoms with E-state index >= 15 is 0 Å². The molecule has 0 radical (unpaired) electrons. The summed E-state index contributed by atoms with van der Waals surface area (Å²) in [5.74, 6) is 6.19. The van der Waals surface area contributed by atoms with Gasteiger partial charge in [-0.2, -0.15) is 0 Å². The molecule has 1 aromatic heterocycles. The quantitative estimate of drug-likeness (QED) is 0.339. The second-order valence-electron chi connectivity index (χ2n) is 8.00. The van der Waals surface area contributed by atoms with Crippen LogP contribution >= 0.6 is 0 Å². The van der Waals surface area contributed by atoms with E-state index in [9.17, 15) is 0 Å². The largest absolute Gasteiger partial charge is 0.370 e. The van der Waals surface area contributed by atoms with Crippen LogP contribution in [0.5, 0.6) is 0 Å². The second-order valence-corrected chi connectivity index (χ2v) is 8.00. The number of nitrogens with two attached hydrogens (primary N) is 2. The molecule has 5 N–H and O–H groups in total. The molecule has 0 spiro atoms. The van der Waals surface area contributed by atoms with Gasteiger partial charge in [-0.3, -0.25) is 0 Å². The molecule has 3 aromatic rings. The number of nitrogens with zero attached hydrogens (tertiary/aromatic N) is 2. The van der Waals surface area contributed by atoms with Crippen molar-refractivity contribution < 1.29 is 4.74 Å². The topological polar surface area (TPSA) is 92.7 Å². The summed E-state index contributed by atoms with van der Waals surface area (Å²) < 4.78 is 6.69. The Morgan fingerprint density at radius 1 is 1.16 bits per heavy atom. The number of hydrogen-bond acceptors (Lipinski definition) is 3. The van der Waals surface area contributed by atoms with Gasteiger partial charge in [-0.05, 0) is 55.1 Å². The first kappa shape index (κ1) is 21.0. The van der Waals surface area contributed by atoms with Crippen LogP contribution in [0.2, 0.25) is 0 Å². The number of nitrogens with one attached hydrogen (secondary N) is 1. The van der Waals surface area contributed by atoms with Gasteiger partial charge in [0, 0.05) is 29.9 Å². The normalized spacial score (nSPS) is 15.9. The molecule has 6 nitrogen and oxygen atoms in total. The van der Waals surface area contributed by atoms with Crippen LogP contribution in [-0.2, 0) is 4.74 Å². The lowest BCUT2D eigenvalue weighted by Gasteiger charge is -2.32. The first-order valence-corrected chi connectivity index (χ1v) is 10.6. The van der Waals surface area contributed by atoms with Gasteiger partial charge in [0.25, 0.3) is 0 Å². The summed E-state index contributed by atoms with van der Waals surface area (Å²) in [6, 6.07) is 18.7. The molecule has 0 bridgehead atoms. The van der Waals surface area contributed by atoms with Crippen molar-refractivity contribution in [1.29, 1.82) is 0 Å². The number of piperidine rings is 1. The molecular formula is C25H29N5O. The van der Waals surface area contributed by atoms with Gasteiger partial charge in [0.1, 0.15) is 12.6 Å². The van der Waals surface area contributed by atoms with Crippen LogP contribution in [0.3, 0.4) is 0 Å². The van der Waals surface area contributed by atoms with Crippen LogP contribution in [0.4, 0.5) is 0 Å². The zero-order valence-corrected chi connectivity index (χ0v) is 17.8. The van der Waals surface area contributed by atoms with Gasteiger partial charge in [0.15, 0.2) is 5.96 Å². The first-order valence-electron chi connectivity index (χ1n) is 10.6. The van der Waals surface area contributed by atoms with Gasteiger partial charge in [0.05, 0.1) is 6.10 Å². The number of guanidine groups is 1. The average Bonchev–Trinajstić information content (AvgIpc) is 3.20. The number of benzene rings is 2. The van der Waals surface area contributed by atoms with Crippen LogP contribution in [0.1, 0.15) is 35.8 Å². The monoisotopic (exact) mass is 415 g/mol. The molecule has 6 heteroatoms. The van der Waals surface area contributed by atoms with E-state index in [0.29, 0.717) is 0 Å². The number of aromatic nitrogens is 1. The number of ether oxygens (including phenoxy) is 1. The first-order chi connectivity index (χ1) is 15.1. The van der Waals surface area contributed by atoms with Crippen LogP contribution in [0.15, 0.2) is 59.6 Å². The lowest BCUT2D eigenvalue weighted by molar-refractivity contribution is -0.0248. The van der Waals surface area contributed by atoms with Crippen molar-refractivity contribution in [1.82, 2.24) is 9.88 Å². The fourth-order valence-electron chi connectivity index (χ4n) is 3.93. The smallest absolute Gasteiger partial charge is 0.186 e. The fraction of sp³-hybridized carbons (Fsp3) is 0.320. The van der Waals surface area contributed by atoms with Gasteiger partial charge in [-0.1, -0.05) is 42.2 Å². The molecule has 1 atom stereocenters. The van der Waals surface area contributed by atoms with Gasteiger partial charge in [0.2, 0.25) is 0 Å². The molecule has 1 fully saturated rings. The van der Waals surface area contributed by atoms with Gasteiger partial charge in [-0.15, -0.1) is 0 Å². The molecule has 31 heavy (non-hydrogen) atoms. The molecule has 2 aromatic carbocycles. The third kappa shape index (κ3) is 5.46. The standard InChI is InChI=1S/C25H29N5O/c1-30-14-11-21(12-15-30)31-24(23-17-19-8-2-3-10-22(19)29-23)20-9-4-6-18(16-20)7-5-13-28-25(26)27/h2-4,6,8-10,16-17,21,24,29H,11-15H2,1H3,(H4,26,27,28). The van der Waals surface area contributed by atoms with E-state index in [-0.39, 0.29) is 24.7 Å². The van der Waals surface area contributed by atoms with Crippen molar-refractivity contribution in [2.24, 2.45) is 16.5 Å². The van der Waals surface area contributed by atoms with E-state index in [4.69, 9.17) is 16.2 Å². The Morgan fingerprint density at radius 2 is 1.97 bits per heavy atom. The Morgan fingerprint density at radius 3 is 2.74 bits per heavy atom. The molecule has 1 unspecified atom stereocenters. The summed E-state index contributed by atoms with van der Waals surface area (Å²) in [5.41, 5.74) is 14.9. The highest BCUT2D eigenvalue weighted by molar-refractivity contribution is 5.80. The Kier molecular flexibility index (Phi) is 6.56. The summed E-state index contributed by atoms with van der Waals surface area (Å²) in [4.78, 5) is 9.83. The lowest BCUT2D eigenvalue weighted by atomic mass is 10.0. The van der Waals surface area contributed by atoms with E-state index in [2.05, 4.69) is 70.2 Å². The summed E-state index contributed by atoms with van der Waals surface area (Å²) >= 11 is 0. The fourth-order valence-corrected chi connectivity index (χ4v) is 3.93. The van der Waals surface area contributed by atoms with Crippen molar-refractivity contribution in [3.63, 3.8) is 0 Å². The van der Waals surface area contributed by atoms with Gasteiger partial charge in [-0.25, -0.2) is 4.99 Å². The third-order valence-electron chi connectivity index (χ3n) is 5.59. The van der Waals surface area contributed by atoms with E-state index in [1.54, 1.807) is 0 Å². The van der Waals surface area contributed by atoms with E-state index in [0.717, 1.165) is 48.3 Å². The van der Waals surface area contributed by atoms with Crippen molar-refractivity contribution in [3.8, 4) is 11.8 Å². The molecule has 0 aliphatic carbocycles. The maximum absolute atomic E-state index is 6.69. The number of para-hydroxylation sites is 1. The molecule has 4 rings (SSSR count). The number of hydrogen-bond donors (Lipinski definition) is 3. The molecule has 0 amide bonds. The Bertz CT molecular complexity index is 1080. The van der Waals surface area contributed by atoms with Crippen molar-refractivity contribution in [3.05, 3.63) is 71.4 Å². The van der Waals surface area contributed by atoms with E-state index in [1.165, 1.54) is 5.39 Å². The molecule has 2 heterocycles. The number of aromatic amines is 1. The number of fused-ring (bicyclic) bond motifs is 1. The zero-order chi connectivity index (χ0) is 21.6. The van der Waals surface area contributed by atoms with E-state index < -0.39 is 0 Å². The highest BCUT2D eigenvalue weighted by Gasteiger charge is 2.25. The number of H-pyrrole nitrogens is 1. The van der Waals surface area contributed by atoms with Crippen LogP contribution in [0, 0.1) is 11.8 Å². The summed E-state index contributed by atoms with van der Waals surface area (Å²) in [5, 5.41) is 1.18. The molecular weight excluding hydrogens is 386 g/mol. The predicted octanol–water partition coefficient (Wildman–Crippen LogP) is 2.99. The summed E-state index contributed by atoms with van der Waals surface area (Å²) in [6.07, 6.45) is 2.11. The molecule has 1 aliphatic heterocycles. The number of aliphatic imine (C=N–C) groups is 1. The lowest BCUT2D eigenvalue weighted by Crippen LogP contribution is -2.35. The SMILES string of the molecule is CN1CCC(OC(c2cccc(C#CCN=C(N)N)c2)c2cc3ccccc3[nH]2)CC1. The minimum absolute atomic E-state index is 0.0495. The molecule has 1 aliphatic rings. The highest BCUT2D eigenvalue weighted by Crippen LogP contribution is 2.32. The van der Waals surface area contributed by atoms with Crippen molar-refractivity contribution >= 4 is 16.9 Å². The Balaban J connectivity index is 1.63. The predicted molar refractivity (Wildman–Crippen MR) is 126 cm³/mol. The minimum atomic E-state index is -0.180. The average molecular weight is 416 g/mol. The Hall–Kier alpha value is -3.27. The van der Waals surface area contributed by atoms with Crippen molar-refractivity contribution in [2.75, 3.05) is 26.7 Å². The maximum atomic E-state index is 6.69. The highest BCUT2D eigenvalue weighted by atomic mass is 16.5.